The minimum Gasteiger partial charge on any atom is -0.336 e. The van der Waals surface area contributed by atoms with E-state index in [2.05, 4.69) is 10.3 Å². The van der Waals surface area contributed by atoms with Gasteiger partial charge < -0.3 is 4.90 Å². The highest BCUT2D eigenvalue weighted by molar-refractivity contribution is 7.14. The molecular weight excluding hydrogens is 353 g/mol. The minimum atomic E-state index is -0.611. The molecule has 0 radical (unpaired) electrons. The number of aromatic nitrogens is 1. The lowest BCUT2D eigenvalue weighted by atomic mass is 10.2. The quantitative estimate of drug-likeness (QED) is 0.744. The molecule has 3 rings (SSSR count). The molecule has 0 saturated heterocycles. The highest BCUT2D eigenvalue weighted by atomic mass is 32.1. The molecule has 1 N–H and O–H groups in total. The molecule has 0 spiro atoms. The Balaban J connectivity index is 1.66. The van der Waals surface area contributed by atoms with Crippen molar-refractivity contribution < 1.29 is 14.0 Å². The van der Waals surface area contributed by atoms with Crippen molar-refractivity contribution in [2.45, 2.75) is 6.54 Å². The number of hydrogen-bond acceptors (Lipinski definition) is 4. The van der Waals surface area contributed by atoms with Crippen LogP contribution in [0.15, 0.2) is 60.0 Å². The number of nitrogens with one attached hydrogen (secondary N) is 1. The topological polar surface area (TPSA) is 62.3 Å². The summed E-state index contributed by atoms with van der Waals surface area (Å²) in [5.74, 6) is -1.47. The van der Waals surface area contributed by atoms with E-state index in [1.54, 1.807) is 23.4 Å². The lowest BCUT2D eigenvalue weighted by Gasteiger charge is -2.15. The second kappa shape index (κ2) is 7.88. The van der Waals surface area contributed by atoms with Crippen molar-refractivity contribution in [1.82, 2.24) is 9.88 Å². The first-order valence-electron chi connectivity index (χ1n) is 7.85. The summed E-state index contributed by atoms with van der Waals surface area (Å²) in [6.07, 6.45) is 0. The second-order valence-corrected chi connectivity index (χ2v) is 6.48. The molecule has 5 nitrogen and oxygen atoms in total. The molecule has 7 heteroatoms. The van der Waals surface area contributed by atoms with Gasteiger partial charge in [-0.2, -0.15) is 0 Å². The van der Waals surface area contributed by atoms with Crippen molar-refractivity contribution in [2.24, 2.45) is 0 Å². The summed E-state index contributed by atoms with van der Waals surface area (Å²) in [5.41, 5.74) is 1.17. The van der Waals surface area contributed by atoms with Crippen LogP contribution in [0.25, 0.3) is 0 Å². The van der Waals surface area contributed by atoms with Gasteiger partial charge in [0.15, 0.2) is 5.13 Å². The molecule has 2 amide bonds. The van der Waals surface area contributed by atoms with E-state index >= 15 is 0 Å². The lowest BCUT2D eigenvalue weighted by molar-refractivity contribution is 0.0779. The number of benzene rings is 2. The Kier molecular flexibility index (Phi) is 5.38. The minimum absolute atomic E-state index is 0.0724. The molecule has 0 saturated carbocycles. The highest BCUT2D eigenvalue weighted by Crippen LogP contribution is 2.19. The van der Waals surface area contributed by atoms with Crippen LogP contribution >= 0.6 is 11.3 Å². The van der Waals surface area contributed by atoms with Gasteiger partial charge in [0.1, 0.15) is 11.5 Å². The molecule has 0 fully saturated rings. The molecule has 1 aromatic heterocycles. The molecule has 0 aliphatic carbocycles. The van der Waals surface area contributed by atoms with Gasteiger partial charge in [-0.1, -0.05) is 42.5 Å². The molecule has 0 unspecified atom stereocenters. The van der Waals surface area contributed by atoms with E-state index in [0.717, 1.165) is 16.9 Å². The molecule has 0 aliphatic rings. The summed E-state index contributed by atoms with van der Waals surface area (Å²) < 4.78 is 13.7. The number of carbonyl (C=O) groups excluding carboxylic acids is 2. The summed E-state index contributed by atoms with van der Waals surface area (Å²) in [6.45, 7) is 0.452. The Morgan fingerprint density at radius 2 is 1.81 bits per heavy atom. The Labute approximate surface area is 154 Å². The lowest BCUT2D eigenvalue weighted by Crippen LogP contribution is -2.26. The van der Waals surface area contributed by atoms with Gasteiger partial charge in [0.25, 0.3) is 11.8 Å². The van der Waals surface area contributed by atoms with Gasteiger partial charge in [-0.15, -0.1) is 11.3 Å². The van der Waals surface area contributed by atoms with Gasteiger partial charge in [-0.05, 0) is 17.7 Å². The van der Waals surface area contributed by atoms with Gasteiger partial charge in [-0.25, -0.2) is 9.37 Å². The normalized spacial score (nSPS) is 10.4. The summed E-state index contributed by atoms with van der Waals surface area (Å²) in [4.78, 5) is 30.3. The van der Waals surface area contributed by atoms with Crippen LogP contribution in [0, 0.1) is 5.82 Å². The second-order valence-electron chi connectivity index (χ2n) is 5.62. The van der Waals surface area contributed by atoms with Crippen molar-refractivity contribution in [1.29, 1.82) is 0 Å². The number of halogens is 1. The van der Waals surface area contributed by atoms with E-state index in [1.165, 1.54) is 18.2 Å². The zero-order valence-electron chi connectivity index (χ0n) is 14.0. The van der Waals surface area contributed by atoms with E-state index in [4.69, 9.17) is 0 Å². The zero-order valence-corrected chi connectivity index (χ0v) is 14.8. The van der Waals surface area contributed by atoms with Crippen LogP contribution in [0.3, 0.4) is 0 Å². The third-order valence-electron chi connectivity index (χ3n) is 3.67. The van der Waals surface area contributed by atoms with Gasteiger partial charge in [0.05, 0.1) is 5.56 Å². The number of amides is 2. The fraction of sp³-hybridized carbons (Fsp3) is 0.105. The molecule has 3 aromatic rings. The van der Waals surface area contributed by atoms with Crippen LogP contribution in [0.5, 0.6) is 0 Å². The number of nitrogens with zero attached hydrogens (tertiary/aromatic N) is 2. The number of thiazole rings is 1. The van der Waals surface area contributed by atoms with E-state index in [-0.39, 0.29) is 22.3 Å². The first-order valence-corrected chi connectivity index (χ1v) is 8.73. The maximum atomic E-state index is 13.7. The average molecular weight is 369 g/mol. The molecule has 1 heterocycles. The fourth-order valence-electron chi connectivity index (χ4n) is 2.36. The van der Waals surface area contributed by atoms with Gasteiger partial charge >= 0.3 is 0 Å². The predicted octanol–water partition coefficient (Wildman–Crippen LogP) is 3.81. The van der Waals surface area contributed by atoms with Crippen molar-refractivity contribution in [3.63, 3.8) is 0 Å². The molecule has 26 heavy (non-hydrogen) atoms. The maximum Gasteiger partial charge on any atom is 0.273 e. The molecule has 2 aromatic carbocycles. The fourth-order valence-corrected chi connectivity index (χ4v) is 3.04. The summed E-state index contributed by atoms with van der Waals surface area (Å²) in [6, 6.07) is 15.3. The number of hydrogen-bond donors (Lipinski definition) is 1. The van der Waals surface area contributed by atoms with Crippen molar-refractivity contribution >= 4 is 28.3 Å². The molecule has 132 valence electrons. The Hall–Kier alpha value is -3.06. The highest BCUT2D eigenvalue weighted by Gasteiger charge is 2.18. The standard InChI is InChI=1S/C19H16FN3O2S/c1-23(11-13-7-3-2-4-8-13)18(25)16-12-26-19(21-16)22-17(24)14-9-5-6-10-15(14)20/h2-10,12H,11H2,1H3,(H,21,22,24). The van der Waals surface area contributed by atoms with Crippen molar-refractivity contribution in [3.8, 4) is 0 Å². The van der Waals surface area contributed by atoms with Crippen LogP contribution in [0.2, 0.25) is 0 Å². The third-order valence-corrected chi connectivity index (χ3v) is 4.43. The van der Waals surface area contributed by atoms with Crippen LogP contribution in [0.1, 0.15) is 26.4 Å². The number of carbonyl (C=O) groups is 2. The molecule has 0 bridgehead atoms. The molecule has 0 aliphatic heterocycles. The summed E-state index contributed by atoms with van der Waals surface area (Å²) in [7, 11) is 1.69. The van der Waals surface area contributed by atoms with Crippen LogP contribution < -0.4 is 5.32 Å². The van der Waals surface area contributed by atoms with Crippen molar-refractivity contribution in [3.05, 3.63) is 82.6 Å². The summed E-state index contributed by atoms with van der Waals surface area (Å²) in [5, 5.41) is 4.34. The predicted molar refractivity (Wildman–Crippen MR) is 98.7 cm³/mol. The molecular formula is C19H16FN3O2S. The van der Waals surface area contributed by atoms with E-state index < -0.39 is 11.7 Å². The van der Waals surface area contributed by atoms with Gasteiger partial charge in [0.2, 0.25) is 0 Å². The largest absolute Gasteiger partial charge is 0.336 e. The van der Waals surface area contributed by atoms with Crippen LogP contribution in [0.4, 0.5) is 9.52 Å². The van der Waals surface area contributed by atoms with Crippen LogP contribution in [-0.2, 0) is 6.54 Å². The van der Waals surface area contributed by atoms with Crippen molar-refractivity contribution in [2.75, 3.05) is 12.4 Å². The maximum absolute atomic E-state index is 13.7. The van der Waals surface area contributed by atoms with Gasteiger partial charge in [0, 0.05) is 19.0 Å². The first kappa shape index (κ1) is 17.8. The Morgan fingerprint density at radius 1 is 1.12 bits per heavy atom. The number of rotatable bonds is 5. The Bertz CT molecular complexity index is 927. The van der Waals surface area contributed by atoms with E-state index in [0.29, 0.717) is 6.54 Å². The summed E-state index contributed by atoms with van der Waals surface area (Å²) >= 11 is 1.12. The number of anilines is 1. The SMILES string of the molecule is CN(Cc1ccccc1)C(=O)c1csc(NC(=O)c2ccccc2F)n1. The van der Waals surface area contributed by atoms with E-state index in [1.807, 2.05) is 30.3 Å². The van der Waals surface area contributed by atoms with Crippen LogP contribution in [-0.4, -0.2) is 28.7 Å². The van der Waals surface area contributed by atoms with Gasteiger partial charge in [-0.3, -0.25) is 14.9 Å². The van der Waals surface area contributed by atoms with E-state index in [9.17, 15) is 14.0 Å². The zero-order chi connectivity index (χ0) is 18.5. The average Bonchev–Trinajstić information content (AvgIpc) is 3.10. The first-order chi connectivity index (χ1) is 12.5. The Morgan fingerprint density at radius 3 is 2.54 bits per heavy atom. The third kappa shape index (κ3) is 4.12. The molecule has 0 atom stereocenters. The smallest absolute Gasteiger partial charge is 0.273 e. The monoisotopic (exact) mass is 369 g/mol.